The molecule has 0 aliphatic carbocycles. The lowest BCUT2D eigenvalue weighted by molar-refractivity contribution is 1.31. The normalized spacial score (nSPS) is 13.6. The van der Waals surface area contributed by atoms with Crippen LogP contribution >= 0.6 is 0 Å². The molecule has 0 N–H and O–H groups in total. The van der Waals surface area contributed by atoms with Crippen molar-refractivity contribution in [1.29, 1.82) is 0 Å². The third kappa shape index (κ3) is 5.85. The highest BCUT2D eigenvalue weighted by molar-refractivity contribution is 6.98. The lowest BCUT2D eigenvalue weighted by Gasteiger charge is -2.32. The van der Waals surface area contributed by atoms with Crippen molar-refractivity contribution < 1.29 is 6.85 Å². The largest absolute Gasteiger partial charge is 0.310 e. The molecule has 0 bridgehead atoms. The van der Waals surface area contributed by atoms with Crippen LogP contribution in [0.3, 0.4) is 0 Å². The van der Waals surface area contributed by atoms with Crippen LogP contribution in [0.5, 0.6) is 0 Å². The van der Waals surface area contributed by atoms with Crippen molar-refractivity contribution in [1.82, 2.24) is 0 Å². The Morgan fingerprint density at radius 2 is 0.981 bits per heavy atom. The highest BCUT2D eigenvalue weighted by Gasteiger charge is 2.32. The Labute approximate surface area is 329 Å². The van der Waals surface area contributed by atoms with Gasteiger partial charge in [-0.3, -0.25) is 0 Å². The van der Waals surface area contributed by atoms with Gasteiger partial charge in [-0.2, -0.15) is 0 Å². The zero-order valence-electron chi connectivity index (χ0n) is 36.8. The number of hydrogen-bond donors (Lipinski definition) is 0. The predicted molar refractivity (Wildman–Crippen MR) is 246 cm³/mol. The summed E-state index contributed by atoms with van der Waals surface area (Å²) in [5.74, 6) is 0. The molecule has 54 heavy (non-hydrogen) atoms. The molecule has 9 rings (SSSR count). The van der Waals surface area contributed by atoms with Gasteiger partial charge < -0.3 is 4.90 Å². The fourth-order valence-corrected chi connectivity index (χ4v) is 11.8. The van der Waals surface area contributed by atoms with E-state index < -0.39 is 22.2 Å². The van der Waals surface area contributed by atoms with E-state index in [2.05, 4.69) is 161 Å². The molecule has 0 unspecified atom stereocenters. The maximum absolute atomic E-state index is 9.35. The molecule has 262 valence electrons. The molecule has 9 aromatic carbocycles. The molecule has 4 heteroatoms. The van der Waals surface area contributed by atoms with Crippen LogP contribution in [-0.2, 0) is 0 Å². The number of fused-ring (bicyclic) bond motifs is 1. The maximum Gasteiger partial charge on any atom is 0.241 e. The minimum atomic E-state index is -2.11. The fourth-order valence-electron chi connectivity index (χ4n) is 8.57. The van der Waals surface area contributed by atoms with Gasteiger partial charge in [-0.25, -0.2) is 0 Å². The van der Waals surface area contributed by atoms with Crippen molar-refractivity contribution in [3.05, 3.63) is 170 Å². The highest BCUT2D eigenvalue weighted by Crippen LogP contribution is 2.44. The number of hydrogen-bond acceptors (Lipinski definition) is 1. The highest BCUT2D eigenvalue weighted by atomic mass is 28.3. The zero-order chi connectivity index (χ0) is 41.5. The number of anilines is 3. The SMILES string of the molecule is [2H]c1c([2H])c([2H])c(N(c2ccc3ccccc3c2)c2cc([Si](C)(C)C)c3ccc4c(B(c5ccccc5)c5ccccc5)cc([Si](C)(C)C)c5ccc2c3c45)c([2H])c1[2H]. The van der Waals surface area contributed by atoms with E-state index in [0.29, 0.717) is 0 Å². The van der Waals surface area contributed by atoms with Crippen LogP contribution in [-0.4, -0.2) is 22.9 Å². The molecule has 9 aromatic rings. The Morgan fingerprint density at radius 1 is 0.463 bits per heavy atom. The first-order chi connectivity index (χ1) is 28.1. The van der Waals surface area contributed by atoms with Crippen LogP contribution < -0.4 is 31.7 Å². The Bertz CT molecular complexity index is 3020. The van der Waals surface area contributed by atoms with Crippen molar-refractivity contribution in [2.75, 3.05) is 4.90 Å². The fraction of sp³-hybridized carbons (Fsp3) is 0.120. The first-order valence-corrected chi connectivity index (χ1v) is 25.9. The van der Waals surface area contributed by atoms with E-state index in [0.717, 1.165) is 32.9 Å². The minimum absolute atomic E-state index is 0.00631. The van der Waals surface area contributed by atoms with Crippen LogP contribution in [0.2, 0.25) is 39.3 Å². The number of nitrogens with zero attached hydrogens (tertiary/aromatic N) is 1. The van der Waals surface area contributed by atoms with Gasteiger partial charge in [-0.1, -0.05) is 205 Å². The van der Waals surface area contributed by atoms with E-state index >= 15 is 0 Å². The van der Waals surface area contributed by atoms with Gasteiger partial charge >= 0.3 is 0 Å². The Morgan fingerprint density at radius 3 is 1.59 bits per heavy atom. The smallest absolute Gasteiger partial charge is 0.241 e. The summed E-state index contributed by atoms with van der Waals surface area (Å²) in [7, 11) is -4.08. The van der Waals surface area contributed by atoms with Crippen molar-refractivity contribution in [3.63, 3.8) is 0 Å². The van der Waals surface area contributed by atoms with E-state index in [9.17, 15) is 2.74 Å². The van der Waals surface area contributed by atoms with Crippen LogP contribution in [0, 0.1) is 0 Å². The topological polar surface area (TPSA) is 3.24 Å². The van der Waals surface area contributed by atoms with Gasteiger partial charge in [-0.05, 0) is 68.0 Å². The summed E-state index contributed by atoms with van der Waals surface area (Å²) >= 11 is 0. The summed E-state index contributed by atoms with van der Waals surface area (Å²) in [6.07, 6.45) is 0. The molecule has 0 saturated carbocycles. The molecule has 0 saturated heterocycles. The second-order valence-electron chi connectivity index (χ2n) is 16.6. The van der Waals surface area contributed by atoms with E-state index in [4.69, 9.17) is 4.11 Å². The van der Waals surface area contributed by atoms with Gasteiger partial charge in [-0.15, -0.1) is 0 Å². The summed E-state index contributed by atoms with van der Waals surface area (Å²) in [5.41, 5.74) is 5.43. The van der Waals surface area contributed by atoms with Gasteiger partial charge in [0.1, 0.15) is 0 Å². The summed E-state index contributed by atoms with van der Waals surface area (Å²) in [5, 5.41) is 11.8. The molecule has 0 aliphatic heterocycles. The van der Waals surface area contributed by atoms with Gasteiger partial charge in [0.25, 0.3) is 0 Å². The molecule has 0 spiro atoms. The maximum atomic E-state index is 9.35. The van der Waals surface area contributed by atoms with Crippen LogP contribution in [0.25, 0.3) is 43.1 Å². The Hall–Kier alpha value is -5.42. The molecular weight excluding hydrogens is 682 g/mol. The summed E-state index contributed by atoms with van der Waals surface area (Å²) < 4.78 is 44.9. The summed E-state index contributed by atoms with van der Waals surface area (Å²) in [6, 6.07) is 48.4. The molecule has 0 fully saturated rings. The monoisotopic (exact) mass is 732 g/mol. The van der Waals surface area contributed by atoms with E-state index in [1.807, 2.05) is 23.1 Å². The van der Waals surface area contributed by atoms with Gasteiger partial charge in [0, 0.05) is 16.8 Å². The van der Waals surface area contributed by atoms with E-state index in [1.165, 1.54) is 48.3 Å². The van der Waals surface area contributed by atoms with Crippen molar-refractivity contribution in [2.24, 2.45) is 0 Å². The lowest BCUT2D eigenvalue weighted by atomic mass is 9.36. The number of benzene rings is 9. The average molecular weight is 733 g/mol. The quantitative estimate of drug-likeness (QED) is 0.111. The summed E-state index contributed by atoms with van der Waals surface area (Å²) in [4.78, 5) is 1.94. The lowest BCUT2D eigenvalue weighted by Crippen LogP contribution is -2.54. The Balaban J connectivity index is 1.48. The van der Waals surface area contributed by atoms with Crippen molar-refractivity contribution in [2.45, 2.75) is 39.3 Å². The van der Waals surface area contributed by atoms with E-state index in [1.54, 1.807) is 0 Å². The van der Waals surface area contributed by atoms with Crippen LogP contribution in [0.1, 0.15) is 6.85 Å². The molecule has 0 heterocycles. The molecule has 0 aromatic heterocycles. The average Bonchev–Trinajstić information content (AvgIpc) is 3.23. The van der Waals surface area contributed by atoms with Gasteiger partial charge in [0.2, 0.25) is 6.71 Å². The summed E-state index contributed by atoms with van der Waals surface area (Å²) in [6.45, 7) is 14.4. The molecule has 0 aliphatic rings. The predicted octanol–water partition coefficient (Wildman–Crippen LogP) is 10.8. The second kappa shape index (κ2) is 13.2. The third-order valence-corrected chi connectivity index (χ3v) is 15.1. The first kappa shape index (κ1) is 29.0. The van der Waals surface area contributed by atoms with Crippen LogP contribution in [0.15, 0.2) is 170 Å². The number of para-hydroxylation sites is 1. The van der Waals surface area contributed by atoms with E-state index in [-0.39, 0.29) is 36.6 Å². The first-order valence-electron chi connectivity index (χ1n) is 21.4. The second-order valence-corrected chi connectivity index (χ2v) is 26.7. The molecule has 0 radical (unpaired) electrons. The molecule has 0 atom stereocenters. The number of rotatable bonds is 8. The molecule has 0 amide bonds. The standard InChI is InChI=1S/C50H46BNSi2/c1-53(2,3)47-33-45(51(37-20-10-7-11-21-37)38-22-12-8-13-23-38)41-28-30-44-48(54(4,5)6)34-46(42-29-31-43(47)49(41)50(42)44)52(39-24-14-9-15-25-39)40-27-26-35-18-16-17-19-36(35)32-40/h7-34H,1-6H3/i9D,14D,15D,24D,25D. The molecule has 1 nitrogen and oxygen atoms in total. The molecular formula is C50H46BNSi2. The third-order valence-electron chi connectivity index (χ3n) is 11.0. The van der Waals surface area contributed by atoms with Crippen LogP contribution in [0.4, 0.5) is 17.1 Å². The zero-order valence-corrected chi connectivity index (χ0v) is 33.8. The van der Waals surface area contributed by atoms with Crippen molar-refractivity contribution >= 4 is 110 Å². The van der Waals surface area contributed by atoms with Gasteiger partial charge in [0.05, 0.1) is 28.7 Å². The van der Waals surface area contributed by atoms with Gasteiger partial charge in [0.15, 0.2) is 0 Å². The van der Waals surface area contributed by atoms with Crippen molar-refractivity contribution in [3.8, 4) is 0 Å². The minimum Gasteiger partial charge on any atom is -0.310 e. The Kier molecular flexibility index (Phi) is 7.07.